The van der Waals surface area contributed by atoms with E-state index in [1.807, 2.05) is 0 Å². The van der Waals surface area contributed by atoms with Crippen LogP contribution in [-0.4, -0.2) is 29.3 Å². The van der Waals surface area contributed by atoms with Crippen LogP contribution in [0.5, 0.6) is 0 Å². The molecule has 0 aliphatic rings. The van der Waals surface area contributed by atoms with Crippen LogP contribution in [0.4, 0.5) is 4.39 Å². The maximum absolute atomic E-state index is 13.2. The summed E-state index contributed by atoms with van der Waals surface area (Å²) in [6, 6.07) is 3.01. The minimum atomic E-state index is -1.09. The van der Waals surface area contributed by atoms with Gasteiger partial charge in [-0.1, -0.05) is 6.92 Å². The van der Waals surface area contributed by atoms with Gasteiger partial charge < -0.3 is 10.4 Å². The number of carbonyl (C=O) groups is 2. The summed E-state index contributed by atoms with van der Waals surface area (Å²) in [4.78, 5) is 22.9. The molecule has 0 spiro atoms. The fourth-order valence-electron chi connectivity index (χ4n) is 1.38. The molecule has 1 aromatic carbocycles. The van der Waals surface area contributed by atoms with Crippen molar-refractivity contribution in [2.45, 2.75) is 24.3 Å². The van der Waals surface area contributed by atoms with Gasteiger partial charge in [0.1, 0.15) is 11.9 Å². The van der Waals surface area contributed by atoms with Gasteiger partial charge in [-0.15, -0.1) is 11.8 Å². The third-order valence-electron chi connectivity index (χ3n) is 2.42. The van der Waals surface area contributed by atoms with Gasteiger partial charge in [0.25, 0.3) is 5.91 Å². The normalized spacial score (nSPS) is 11.9. The molecule has 1 aromatic rings. The predicted octanol–water partition coefficient (Wildman–Crippen LogP) is 2.14. The van der Waals surface area contributed by atoms with E-state index in [-0.39, 0.29) is 12.0 Å². The maximum Gasteiger partial charge on any atom is 0.326 e. The number of rotatable bonds is 5. The lowest BCUT2D eigenvalue weighted by Gasteiger charge is -2.12. The van der Waals surface area contributed by atoms with E-state index in [1.165, 1.54) is 30.0 Å². The highest BCUT2D eigenvalue weighted by atomic mass is 32.2. The smallest absolute Gasteiger partial charge is 0.326 e. The average molecular weight is 271 g/mol. The van der Waals surface area contributed by atoms with Crippen molar-refractivity contribution in [2.75, 3.05) is 6.26 Å². The summed E-state index contributed by atoms with van der Waals surface area (Å²) < 4.78 is 13.2. The third-order valence-corrected chi connectivity index (χ3v) is 3.18. The van der Waals surface area contributed by atoms with Crippen molar-refractivity contribution in [1.29, 1.82) is 0 Å². The number of carbonyl (C=O) groups excluding carboxylic acids is 1. The van der Waals surface area contributed by atoms with Crippen LogP contribution in [0.1, 0.15) is 23.7 Å². The largest absolute Gasteiger partial charge is 0.480 e. The summed E-state index contributed by atoms with van der Waals surface area (Å²) in [6.45, 7) is 1.66. The van der Waals surface area contributed by atoms with E-state index < -0.39 is 23.7 Å². The molecule has 2 N–H and O–H groups in total. The van der Waals surface area contributed by atoms with Gasteiger partial charge in [-0.3, -0.25) is 4.79 Å². The number of amides is 1. The second-order valence-corrected chi connectivity index (χ2v) is 4.47. The monoisotopic (exact) mass is 271 g/mol. The Balaban J connectivity index is 2.87. The lowest BCUT2D eigenvalue weighted by atomic mass is 10.1. The van der Waals surface area contributed by atoms with Gasteiger partial charge in [0, 0.05) is 10.5 Å². The Morgan fingerprint density at radius 2 is 2.17 bits per heavy atom. The molecular formula is C12H14FNO3S. The van der Waals surface area contributed by atoms with E-state index in [0.29, 0.717) is 4.90 Å². The Morgan fingerprint density at radius 3 is 2.67 bits per heavy atom. The molecule has 0 saturated carbocycles. The number of halogens is 1. The van der Waals surface area contributed by atoms with E-state index in [2.05, 4.69) is 5.32 Å². The minimum absolute atomic E-state index is 0.250. The van der Waals surface area contributed by atoms with Gasteiger partial charge in [0.2, 0.25) is 0 Å². The second-order valence-electron chi connectivity index (χ2n) is 3.62. The highest BCUT2D eigenvalue weighted by Gasteiger charge is 2.19. The van der Waals surface area contributed by atoms with Gasteiger partial charge in [-0.05, 0) is 30.9 Å². The lowest BCUT2D eigenvalue weighted by molar-refractivity contribution is -0.139. The van der Waals surface area contributed by atoms with Gasteiger partial charge in [0.05, 0.1) is 0 Å². The SMILES string of the molecule is CCC(NC(=O)c1ccc(F)c(SC)c1)C(=O)O. The van der Waals surface area contributed by atoms with Crippen LogP contribution >= 0.6 is 11.8 Å². The van der Waals surface area contributed by atoms with Crippen molar-refractivity contribution in [2.24, 2.45) is 0 Å². The number of carboxylic acids is 1. The fourth-order valence-corrected chi connectivity index (χ4v) is 1.89. The first-order valence-electron chi connectivity index (χ1n) is 5.36. The molecule has 0 fully saturated rings. The summed E-state index contributed by atoms with van der Waals surface area (Å²) in [5, 5.41) is 11.2. The molecule has 1 rings (SSSR count). The number of carboxylic acid groups (broad SMARTS) is 1. The summed E-state index contributed by atoms with van der Waals surface area (Å²) in [5.41, 5.74) is 0.250. The average Bonchev–Trinajstić information content (AvgIpc) is 2.35. The number of aliphatic carboxylic acids is 1. The first-order valence-corrected chi connectivity index (χ1v) is 6.59. The van der Waals surface area contributed by atoms with Crippen molar-refractivity contribution in [3.05, 3.63) is 29.6 Å². The molecule has 0 aromatic heterocycles. The van der Waals surface area contributed by atoms with E-state index in [1.54, 1.807) is 13.2 Å². The molecule has 4 nitrogen and oxygen atoms in total. The van der Waals surface area contributed by atoms with Crippen LogP contribution in [-0.2, 0) is 4.79 Å². The van der Waals surface area contributed by atoms with Gasteiger partial charge >= 0.3 is 5.97 Å². The molecule has 0 aliphatic heterocycles. The zero-order valence-corrected chi connectivity index (χ0v) is 10.9. The minimum Gasteiger partial charge on any atom is -0.480 e. The molecule has 0 aliphatic carbocycles. The quantitative estimate of drug-likeness (QED) is 0.805. The Hall–Kier alpha value is -1.56. The molecule has 6 heteroatoms. The third kappa shape index (κ3) is 3.46. The number of nitrogens with one attached hydrogen (secondary N) is 1. The van der Waals surface area contributed by atoms with Crippen molar-refractivity contribution < 1.29 is 19.1 Å². The molecule has 1 atom stereocenters. The zero-order chi connectivity index (χ0) is 13.7. The van der Waals surface area contributed by atoms with Crippen molar-refractivity contribution in [1.82, 2.24) is 5.32 Å². The van der Waals surface area contributed by atoms with Crippen LogP contribution in [0.15, 0.2) is 23.1 Å². The van der Waals surface area contributed by atoms with Crippen LogP contribution in [0.3, 0.4) is 0 Å². The van der Waals surface area contributed by atoms with Gasteiger partial charge in [-0.25, -0.2) is 9.18 Å². The number of thioether (sulfide) groups is 1. The zero-order valence-electron chi connectivity index (χ0n) is 10.1. The van der Waals surface area contributed by atoms with Gasteiger partial charge in [0.15, 0.2) is 0 Å². The molecule has 98 valence electrons. The molecule has 0 bridgehead atoms. The molecule has 1 unspecified atom stereocenters. The van der Waals surface area contributed by atoms with Crippen LogP contribution in [0.25, 0.3) is 0 Å². The molecule has 0 saturated heterocycles. The Labute approximate surface area is 109 Å². The Kier molecular flexibility index (Phi) is 5.15. The second kappa shape index (κ2) is 6.39. The number of benzene rings is 1. The summed E-state index contributed by atoms with van der Waals surface area (Å²) >= 11 is 1.19. The molecule has 1 amide bonds. The van der Waals surface area contributed by atoms with E-state index in [0.717, 1.165) is 0 Å². The van der Waals surface area contributed by atoms with Crippen molar-refractivity contribution in [3.8, 4) is 0 Å². The Morgan fingerprint density at radius 1 is 1.50 bits per heavy atom. The summed E-state index contributed by atoms with van der Waals surface area (Å²) in [7, 11) is 0. The molecule has 0 radical (unpaired) electrons. The first-order chi connectivity index (χ1) is 8.49. The lowest BCUT2D eigenvalue weighted by Crippen LogP contribution is -2.40. The highest BCUT2D eigenvalue weighted by Crippen LogP contribution is 2.20. The van der Waals surface area contributed by atoms with Crippen LogP contribution < -0.4 is 5.32 Å². The molecular weight excluding hydrogens is 257 g/mol. The maximum atomic E-state index is 13.2. The van der Waals surface area contributed by atoms with Crippen molar-refractivity contribution >= 4 is 23.6 Å². The highest BCUT2D eigenvalue weighted by molar-refractivity contribution is 7.98. The standard InChI is InChI=1S/C12H14FNO3S/c1-3-9(12(16)17)14-11(15)7-4-5-8(13)10(6-7)18-2/h4-6,9H,3H2,1-2H3,(H,14,15)(H,16,17). The number of hydrogen-bond acceptors (Lipinski definition) is 3. The van der Waals surface area contributed by atoms with Gasteiger partial charge in [-0.2, -0.15) is 0 Å². The van der Waals surface area contributed by atoms with Crippen molar-refractivity contribution in [3.63, 3.8) is 0 Å². The fraction of sp³-hybridized carbons (Fsp3) is 0.333. The first kappa shape index (κ1) is 14.5. The number of hydrogen-bond donors (Lipinski definition) is 2. The van der Waals surface area contributed by atoms with E-state index in [4.69, 9.17) is 5.11 Å². The Bertz CT molecular complexity index is 465. The summed E-state index contributed by atoms with van der Waals surface area (Å²) in [5.74, 6) is -2.00. The molecule has 0 heterocycles. The van der Waals surface area contributed by atoms with Crippen LogP contribution in [0.2, 0.25) is 0 Å². The van der Waals surface area contributed by atoms with Crippen LogP contribution in [0, 0.1) is 5.82 Å². The predicted molar refractivity (Wildman–Crippen MR) is 67.4 cm³/mol. The van der Waals surface area contributed by atoms with E-state index in [9.17, 15) is 14.0 Å². The van der Waals surface area contributed by atoms with E-state index >= 15 is 0 Å². The molecule has 18 heavy (non-hydrogen) atoms. The summed E-state index contributed by atoms with van der Waals surface area (Å²) in [6.07, 6.45) is 1.99. The topological polar surface area (TPSA) is 66.4 Å².